The summed E-state index contributed by atoms with van der Waals surface area (Å²) in [5, 5.41) is 5.97. The molecule has 5 nitrogen and oxygen atoms in total. The van der Waals surface area contributed by atoms with Gasteiger partial charge in [0.2, 0.25) is 5.91 Å². The van der Waals surface area contributed by atoms with Crippen molar-refractivity contribution in [3.05, 3.63) is 67.8 Å². The first-order valence-electron chi connectivity index (χ1n) is 8.44. The fraction of sp³-hybridized carbons (Fsp3) is 0.211. The molecular formula is C19H16ClN3O2S2. The first-order chi connectivity index (χ1) is 13.1. The number of amides is 2. The van der Waals surface area contributed by atoms with Crippen molar-refractivity contribution in [2.24, 2.45) is 0 Å². The molecule has 138 valence electrons. The maximum Gasteiger partial charge on any atom is 0.267 e. The summed E-state index contributed by atoms with van der Waals surface area (Å²) in [6.45, 7) is 1.18. The Kier molecular flexibility index (Phi) is 5.24. The molecule has 0 radical (unpaired) electrons. The average Bonchev–Trinajstić information content (AvgIpc) is 3.32. The van der Waals surface area contributed by atoms with Crippen molar-refractivity contribution in [3.8, 4) is 0 Å². The van der Waals surface area contributed by atoms with E-state index in [0.717, 1.165) is 16.1 Å². The lowest BCUT2D eigenvalue weighted by Gasteiger charge is -2.26. The number of thiazole rings is 1. The van der Waals surface area contributed by atoms with Gasteiger partial charge in [0.1, 0.15) is 0 Å². The van der Waals surface area contributed by atoms with Crippen molar-refractivity contribution in [2.45, 2.75) is 19.4 Å². The summed E-state index contributed by atoms with van der Waals surface area (Å²) in [5.74, 6) is -0.0627. The van der Waals surface area contributed by atoms with Gasteiger partial charge >= 0.3 is 0 Å². The van der Waals surface area contributed by atoms with E-state index in [1.54, 1.807) is 18.2 Å². The van der Waals surface area contributed by atoms with Crippen LogP contribution in [0, 0.1) is 0 Å². The lowest BCUT2D eigenvalue weighted by molar-refractivity contribution is -0.131. The molecule has 0 fully saturated rings. The Balaban J connectivity index is 1.40. The maximum absolute atomic E-state index is 12.6. The number of thiophene rings is 1. The van der Waals surface area contributed by atoms with Crippen LogP contribution in [0.2, 0.25) is 5.02 Å². The minimum absolute atomic E-state index is 0.0838. The molecule has 1 N–H and O–H groups in total. The topological polar surface area (TPSA) is 62.3 Å². The van der Waals surface area contributed by atoms with E-state index < -0.39 is 0 Å². The van der Waals surface area contributed by atoms with Crippen molar-refractivity contribution in [3.63, 3.8) is 0 Å². The van der Waals surface area contributed by atoms with E-state index in [-0.39, 0.29) is 11.8 Å². The van der Waals surface area contributed by atoms with E-state index >= 15 is 0 Å². The lowest BCUT2D eigenvalue weighted by atomic mass is 10.1. The van der Waals surface area contributed by atoms with Crippen molar-refractivity contribution in [1.82, 2.24) is 9.88 Å². The molecule has 0 unspecified atom stereocenters. The lowest BCUT2D eigenvalue weighted by Crippen LogP contribution is -2.36. The highest BCUT2D eigenvalue weighted by Crippen LogP contribution is 2.29. The number of nitrogens with one attached hydrogen (secondary N) is 1. The van der Waals surface area contributed by atoms with Crippen LogP contribution in [0.15, 0.2) is 41.8 Å². The maximum atomic E-state index is 12.6. The Morgan fingerprint density at radius 1 is 1.22 bits per heavy atom. The van der Waals surface area contributed by atoms with Crippen LogP contribution in [0.1, 0.15) is 25.8 Å². The molecule has 27 heavy (non-hydrogen) atoms. The minimum Gasteiger partial charge on any atom is -0.337 e. The van der Waals surface area contributed by atoms with E-state index in [2.05, 4.69) is 10.3 Å². The third-order valence-electron chi connectivity index (χ3n) is 4.32. The molecule has 2 amide bonds. The number of nitrogens with zero attached hydrogens (tertiary/aromatic N) is 2. The molecule has 0 spiro atoms. The number of fused-ring (bicyclic) bond motifs is 1. The number of halogens is 1. The molecule has 1 aliphatic heterocycles. The van der Waals surface area contributed by atoms with Gasteiger partial charge in [0, 0.05) is 22.9 Å². The molecule has 8 heteroatoms. The number of benzene rings is 1. The van der Waals surface area contributed by atoms with Gasteiger partial charge in [-0.25, -0.2) is 4.98 Å². The summed E-state index contributed by atoms with van der Waals surface area (Å²) < 4.78 is 0. The first-order valence-corrected chi connectivity index (χ1v) is 10.5. The summed E-state index contributed by atoms with van der Waals surface area (Å²) >= 11 is 8.73. The Morgan fingerprint density at radius 3 is 2.78 bits per heavy atom. The molecule has 0 aliphatic carbocycles. The highest BCUT2D eigenvalue weighted by Gasteiger charge is 2.24. The predicted octanol–water partition coefficient (Wildman–Crippen LogP) is 4.24. The van der Waals surface area contributed by atoms with Crippen LogP contribution in [0.5, 0.6) is 0 Å². The van der Waals surface area contributed by atoms with Gasteiger partial charge in [0.05, 0.1) is 23.5 Å². The van der Waals surface area contributed by atoms with Gasteiger partial charge in [-0.1, -0.05) is 41.1 Å². The molecule has 3 heterocycles. The third kappa shape index (κ3) is 4.21. The van der Waals surface area contributed by atoms with Gasteiger partial charge in [-0.15, -0.1) is 11.3 Å². The summed E-state index contributed by atoms with van der Waals surface area (Å²) in [6.07, 6.45) is 1.06. The summed E-state index contributed by atoms with van der Waals surface area (Å²) in [5.41, 5.74) is 1.92. The number of rotatable bonds is 4. The fourth-order valence-corrected chi connectivity index (χ4v) is 4.68. The highest BCUT2D eigenvalue weighted by atomic mass is 35.5. The number of aromatic nitrogens is 1. The normalized spacial score (nSPS) is 13.3. The van der Waals surface area contributed by atoms with E-state index in [0.29, 0.717) is 41.0 Å². The zero-order chi connectivity index (χ0) is 18.8. The van der Waals surface area contributed by atoms with Crippen molar-refractivity contribution < 1.29 is 9.59 Å². The Morgan fingerprint density at radius 2 is 2.04 bits per heavy atom. The number of hydrogen-bond acceptors (Lipinski definition) is 5. The van der Waals surface area contributed by atoms with Crippen LogP contribution in [-0.4, -0.2) is 28.2 Å². The van der Waals surface area contributed by atoms with E-state index in [1.807, 2.05) is 28.5 Å². The van der Waals surface area contributed by atoms with Crippen LogP contribution >= 0.6 is 34.3 Å². The van der Waals surface area contributed by atoms with Gasteiger partial charge in [0.25, 0.3) is 5.91 Å². The van der Waals surface area contributed by atoms with Gasteiger partial charge in [-0.3, -0.25) is 14.9 Å². The van der Waals surface area contributed by atoms with Crippen LogP contribution in [0.3, 0.4) is 0 Å². The molecule has 0 saturated heterocycles. The zero-order valence-corrected chi connectivity index (χ0v) is 16.7. The standard InChI is InChI=1S/C19H16ClN3O2S2/c20-13-5-3-12(4-6-13)10-17(24)23-8-7-14-16(11-23)27-19(21-14)22-18(25)15-2-1-9-26-15/h1-6,9H,7-8,10-11H2,(H,21,22,25). The van der Waals surface area contributed by atoms with Gasteiger partial charge < -0.3 is 4.90 Å². The quantitative estimate of drug-likeness (QED) is 0.690. The van der Waals surface area contributed by atoms with Gasteiger partial charge in [-0.05, 0) is 29.1 Å². The smallest absolute Gasteiger partial charge is 0.267 e. The molecule has 3 aromatic rings. The molecule has 2 aromatic heterocycles. The van der Waals surface area contributed by atoms with Crippen LogP contribution in [0.4, 0.5) is 5.13 Å². The number of carbonyl (C=O) groups excluding carboxylic acids is 2. The number of carbonyl (C=O) groups is 2. The summed E-state index contributed by atoms with van der Waals surface area (Å²) in [4.78, 5) is 32.9. The zero-order valence-electron chi connectivity index (χ0n) is 14.3. The van der Waals surface area contributed by atoms with Crippen molar-refractivity contribution in [2.75, 3.05) is 11.9 Å². The second kappa shape index (κ2) is 7.80. The molecule has 1 aliphatic rings. The first kappa shape index (κ1) is 18.2. The van der Waals surface area contributed by atoms with Gasteiger partial charge in [-0.2, -0.15) is 0 Å². The summed E-state index contributed by atoms with van der Waals surface area (Å²) in [6, 6.07) is 11.0. The van der Waals surface area contributed by atoms with E-state index in [9.17, 15) is 9.59 Å². The molecule has 1 aromatic carbocycles. The Labute approximate surface area is 169 Å². The van der Waals surface area contributed by atoms with Crippen LogP contribution < -0.4 is 5.32 Å². The Bertz CT molecular complexity index is 968. The second-order valence-corrected chi connectivity index (χ2v) is 8.66. The average molecular weight is 418 g/mol. The molecule has 0 atom stereocenters. The number of hydrogen-bond donors (Lipinski definition) is 1. The largest absolute Gasteiger partial charge is 0.337 e. The molecular weight excluding hydrogens is 402 g/mol. The number of anilines is 1. The second-order valence-electron chi connectivity index (χ2n) is 6.19. The SMILES string of the molecule is O=C(Nc1nc2c(s1)CN(C(=O)Cc1ccc(Cl)cc1)CC2)c1cccs1. The van der Waals surface area contributed by atoms with Crippen LogP contribution in [-0.2, 0) is 24.2 Å². The third-order valence-corrected chi connectivity index (χ3v) is 6.44. The van der Waals surface area contributed by atoms with Crippen molar-refractivity contribution >= 4 is 51.2 Å². The molecule has 0 bridgehead atoms. The monoisotopic (exact) mass is 417 g/mol. The minimum atomic E-state index is -0.147. The predicted molar refractivity (Wildman–Crippen MR) is 109 cm³/mol. The molecule has 4 rings (SSSR count). The highest BCUT2D eigenvalue weighted by molar-refractivity contribution is 7.16. The van der Waals surface area contributed by atoms with Crippen LogP contribution in [0.25, 0.3) is 0 Å². The summed E-state index contributed by atoms with van der Waals surface area (Å²) in [7, 11) is 0. The van der Waals surface area contributed by atoms with E-state index in [4.69, 9.17) is 11.6 Å². The van der Waals surface area contributed by atoms with Crippen molar-refractivity contribution in [1.29, 1.82) is 0 Å². The van der Waals surface area contributed by atoms with Gasteiger partial charge in [0.15, 0.2) is 5.13 Å². The fourth-order valence-electron chi connectivity index (χ4n) is 2.92. The molecule has 0 saturated carbocycles. The van der Waals surface area contributed by atoms with E-state index in [1.165, 1.54) is 22.7 Å². The Hall–Kier alpha value is -2.22.